The first-order valence-electron chi connectivity index (χ1n) is 4.87. The Balaban J connectivity index is 2.15. The highest BCUT2D eigenvalue weighted by Crippen LogP contribution is 2.35. The van der Waals surface area contributed by atoms with Crippen molar-refractivity contribution in [1.29, 1.82) is 0 Å². The molecule has 0 saturated carbocycles. The monoisotopic (exact) mass is 219 g/mol. The van der Waals surface area contributed by atoms with Crippen molar-refractivity contribution in [1.82, 2.24) is 5.32 Å². The largest absolute Gasteiger partial charge is 0.486 e. The summed E-state index contributed by atoms with van der Waals surface area (Å²) in [4.78, 5) is 1.20. The molecule has 2 nitrogen and oxygen atoms in total. The zero-order valence-electron chi connectivity index (χ0n) is 8.57. The second kappa shape index (κ2) is 4.61. The number of thioether (sulfide) groups is 1. The molecule has 0 amide bonds. The van der Waals surface area contributed by atoms with E-state index in [9.17, 15) is 0 Å². The minimum absolute atomic E-state index is 0.0224. The van der Waals surface area contributed by atoms with Crippen LogP contribution in [-0.4, -0.2) is 24.9 Å². The van der Waals surface area contributed by atoms with Crippen molar-refractivity contribution in [2.75, 3.05) is 12.8 Å². The summed E-state index contributed by atoms with van der Waals surface area (Å²) in [7, 11) is 1.86. The van der Waals surface area contributed by atoms with Crippen molar-refractivity contribution in [3.8, 4) is 18.1 Å². The molecule has 1 aromatic carbocycles. The van der Waals surface area contributed by atoms with Gasteiger partial charge in [-0.15, -0.1) is 18.2 Å². The van der Waals surface area contributed by atoms with Crippen molar-refractivity contribution in [2.45, 2.75) is 17.0 Å². The Hall–Kier alpha value is -1.11. The minimum Gasteiger partial charge on any atom is -0.486 e. The van der Waals surface area contributed by atoms with Gasteiger partial charge in [0, 0.05) is 10.6 Å². The van der Waals surface area contributed by atoms with Crippen molar-refractivity contribution in [2.24, 2.45) is 0 Å². The number of likely N-dealkylation sites (N-methyl/N-ethyl adjacent to an activating group) is 1. The molecule has 0 spiro atoms. The van der Waals surface area contributed by atoms with Crippen LogP contribution in [-0.2, 0) is 0 Å². The molecule has 1 aromatic rings. The van der Waals surface area contributed by atoms with Gasteiger partial charge in [-0.1, -0.05) is 18.1 Å². The number of terminal acetylenes is 1. The van der Waals surface area contributed by atoms with E-state index in [1.165, 1.54) is 4.90 Å². The Morgan fingerprint density at radius 3 is 3.13 bits per heavy atom. The predicted octanol–water partition coefficient (Wildman–Crippen LogP) is 1.76. The molecule has 2 rings (SSSR count). The number of hydrogen-bond acceptors (Lipinski definition) is 3. The van der Waals surface area contributed by atoms with E-state index < -0.39 is 0 Å². The SMILES string of the molecule is C#CC(NC)C1CSc2ccccc2O1. The molecule has 0 fully saturated rings. The van der Waals surface area contributed by atoms with Crippen molar-refractivity contribution in [3.05, 3.63) is 24.3 Å². The smallest absolute Gasteiger partial charge is 0.135 e. The first-order valence-corrected chi connectivity index (χ1v) is 5.85. The lowest BCUT2D eigenvalue weighted by Gasteiger charge is -2.28. The zero-order valence-corrected chi connectivity index (χ0v) is 9.38. The van der Waals surface area contributed by atoms with E-state index in [0.29, 0.717) is 0 Å². The minimum atomic E-state index is -0.0224. The molecule has 3 heteroatoms. The van der Waals surface area contributed by atoms with Gasteiger partial charge in [-0.25, -0.2) is 0 Å². The van der Waals surface area contributed by atoms with Gasteiger partial charge in [-0.05, 0) is 19.2 Å². The lowest BCUT2D eigenvalue weighted by molar-refractivity contribution is 0.192. The van der Waals surface area contributed by atoms with Crippen LogP contribution in [0.15, 0.2) is 29.2 Å². The molecule has 0 aliphatic carbocycles. The summed E-state index contributed by atoms with van der Waals surface area (Å²) in [6.07, 6.45) is 5.49. The quantitative estimate of drug-likeness (QED) is 0.766. The Morgan fingerprint density at radius 2 is 2.40 bits per heavy atom. The van der Waals surface area contributed by atoms with Gasteiger partial charge in [-0.2, -0.15) is 0 Å². The maximum atomic E-state index is 5.85. The average Bonchev–Trinajstić information content (AvgIpc) is 2.30. The van der Waals surface area contributed by atoms with E-state index in [1.54, 1.807) is 11.8 Å². The highest BCUT2D eigenvalue weighted by atomic mass is 32.2. The topological polar surface area (TPSA) is 21.3 Å². The van der Waals surface area contributed by atoms with Gasteiger partial charge < -0.3 is 10.1 Å². The number of fused-ring (bicyclic) bond motifs is 1. The van der Waals surface area contributed by atoms with Crippen LogP contribution < -0.4 is 10.1 Å². The first kappa shape index (κ1) is 10.4. The number of rotatable bonds is 2. The standard InChI is InChI=1S/C12H13NOS/c1-3-9(13-2)11-8-15-12-7-5-4-6-10(12)14-11/h1,4-7,9,11,13H,8H2,2H3. The number of hydrogen-bond donors (Lipinski definition) is 1. The molecule has 1 aliphatic heterocycles. The summed E-state index contributed by atoms with van der Waals surface area (Å²) >= 11 is 1.80. The molecular formula is C12H13NOS. The Kier molecular flexibility index (Phi) is 3.20. The van der Waals surface area contributed by atoms with Crippen LogP contribution in [0, 0.1) is 12.3 Å². The van der Waals surface area contributed by atoms with E-state index in [-0.39, 0.29) is 12.1 Å². The van der Waals surface area contributed by atoms with Gasteiger partial charge in [0.2, 0.25) is 0 Å². The van der Waals surface area contributed by atoms with E-state index in [1.807, 2.05) is 25.2 Å². The molecular weight excluding hydrogens is 206 g/mol. The molecule has 0 radical (unpaired) electrons. The van der Waals surface area contributed by atoms with Crippen LogP contribution in [0.1, 0.15) is 0 Å². The molecule has 0 saturated heterocycles. The molecule has 15 heavy (non-hydrogen) atoms. The summed E-state index contributed by atoms with van der Waals surface area (Å²) in [5.74, 6) is 4.54. The third-order valence-corrected chi connectivity index (χ3v) is 3.54. The Labute approximate surface area is 94.4 Å². The fourth-order valence-electron chi connectivity index (χ4n) is 1.58. The number of ether oxygens (including phenoxy) is 1. The fourth-order valence-corrected chi connectivity index (χ4v) is 2.61. The summed E-state index contributed by atoms with van der Waals surface area (Å²) in [5.41, 5.74) is 0. The molecule has 2 unspecified atom stereocenters. The fraction of sp³-hybridized carbons (Fsp3) is 0.333. The van der Waals surface area contributed by atoms with Gasteiger partial charge in [0.05, 0.1) is 0 Å². The van der Waals surface area contributed by atoms with E-state index >= 15 is 0 Å². The van der Waals surface area contributed by atoms with Crippen LogP contribution in [0.2, 0.25) is 0 Å². The summed E-state index contributed by atoms with van der Waals surface area (Å²) in [6, 6.07) is 8.03. The van der Waals surface area contributed by atoms with Crippen LogP contribution in [0.4, 0.5) is 0 Å². The third kappa shape index (κ3) is 2.11. The van der Waals surface area contributed by atoms with Crippen molar-refractivity contribution >= 4 is 11.8 Å². The van der Waals surface area contributed by atoms with Gasteiger partial charge >= 0.3 is 0 Å². The molecule has 1 aliphatic rings. The van der Waals surface area contributed by atoms with Crippen LogP contribution in [0.25, 0.3) is 0 Å². The van der Waals surface area contributed by atoms with E-state index in [2.05, 4.69) is 17.3 Å². The van der Waals surface area contributed by atoms with Crippen molar-refractivity contribution in [3.63, 3.8) is 0 Å². The normalized spacial score (nSPS) is 20.9. The summed E-state index contributed by atoms with van der Waals surface area (Å²) < 4.78 is 5.85. The molecule has 2 atom stereocenters. The molecule has 1 N–H and O–H groups in total. The zero-order chi connectivity index (χ0) is 10.7. The van der Waals surface area contributed by atoms with E-state index in [4.69, 9.17) is 11.2 Å². The third-order valence-electron chi connectivity index (χ3n) is 2.39. The second-order valence-electron chi connectivity index (χ2n) is 3.35. The average molecular weight is 219 g/mol. The predicted molar refractivity (Wildman–Crippen MR) is 63.3 cm³/mol. The lowest BCUT2D eigenvalue weighted by atomic mass is 10.2. The van der Waals surface area contributed by atoms with Crippen LogP contribution in [0.5, 0.6) is 5.75 Å². The summed E-state index contributed by atoms with van der Waals surface area (Å²) in [5, 5.41) is 3.08. The number of benzene rings is 1. The van der Waals surface area contributed by atoms with Crippen LogP contribution >= 0.6 is 11.8 Å². The van der Waals surface area contributed by atoms with Crippen molar-refractivity contribution < 1.29 is 4.74 Å². The highest BCUT2D eigenvalue weighted by Gasteiger charge is 2.25. The molecule has 1 heterocycles. The lowest BCUT2D eigenvalue weighted by Crippen LogP contribution is -2.43. The van der Waals surface area contributed by atoms with Crippen LogP contribution in [0.3, 0.4) is 0 Å². The van der Waals surface area contributed by atoms with E-state index in [0.717, 1.165) is 11.5 Å². The number of para-hydroxylation sites is 1. The van der Waals surface area contributed by atoms with Gasteiger partial charge in [0.1, 0.15) is 17.9 Å². The maximum Gasteiger partial charge on any atom is 0.135 e. The maximum absolute atomic E-state index is 5.85. The highest BCUT2D eigenvalue weighted by molar-refractivity contribution is 7.99. The second-order valence-corrected chi connectivity index (χ2v) is 4.41. The Morgan fingerprint density at radius 1 is 1.60 bits per heavy atom. The molecule has 0 bridgehead atoms. The van der Waals surface area contributed by atoms with Gasteiger partial charge in [-0.3, -0.25) is 0 Å². The Bertz CT molecular complexity index is 385. The number of nitrogens with one attached hydrogen (secondary N) is 1. The molecule has 0 aromatic heterocycles. The summed E-state index contributed by atoms with van der Waals surface area (Å²) in [6.45, 7) is 0. The molecule has 78 valence electrons. The van der Waals surface area contributed by atoms with Gasteiger partial charge in [0.15, 0.2) is 0 Å². The first-order chi connectivity index (χ1) is 7.35. The van der Waals surface area contributed by atoms with Gasteiger partial charge in [0.25, 0.3) is 0 Å².